The Kier molecular flexibility index (Phi) is 4.71. The molecule has 0 atom stereocenters. The second-order valence-electron chi connectivity index (χ2n) is 4.94. The van der Waals surface area contributed by atoms with Gasteiger partial charge in [-0.1, -0.05) is 28.1 Å². The highest BCUT2D eigenvalue weighted by atomic mass is 79.9. The van der Waals surface area contributed by atoms with Crippen molar-refractivity contribution in [3.8, 4) is 0 Å². The van der Waals surface area contributed by atoms with Gasteiger partial charge in [-0.25, -0.2) is 0 Å². The summed E-state index contributed by atoms with van der Waals surface area (Å²) in [5.41, 5.74) is 0.664. The lowest BCUT2D eigenvalue weighted by Crippen LogP contribution is -2.38. The summed E-state index contributed by atoms with van der Waals surface area (Å²) >= 11 is 3.33. The highest BCUT2D eigenvalue weighted by molar-refractivity contribution is 9.10. The lowest BCUT2D eigenvalue weighted by Gasteiger charge is -2.15. The summed E-state index contributed by atoms with van der Waals surface area (Å²) in [6, 6.07) is 7.61. The SMILES string of the molecule is CN(CC(=O)NC1CC1)CC(=O)c1ccc(Br)cc1. The number of rotatable bonds is 6. The van der Waals surface area contributed by atoms with Crippen molar-refractivity contribution in [1.29, 1.82) is 0 Å². The largest absolute Gasteiger partial charge is 0.352 e. The van der Waals surface area contributed by atoms with Crippen molar-refractivity contribution < 1.29 is 9.59 Å². The summed E-state index contributed by atoms with van der Waals surface area (Å²) in [4.78, 5) is 25.3. The number of nitrogens with zero attached hydrogens (tertiary/aromatic N) is 1. The molecule has 0 aromatic heterocycles. The average molecular weight is 325 g/mol. The standard InChI is InChI=1S/C14H17BrN2O2/c1-17(9-14(19)16-12-6-7-12)8-13(18)10-2-4-11(15)5-3-10/h2-5,12H,6-9H2,1H3,(H,16,19). The van der Waals surface area contributed by atoms with Gasteiger partial charge in [-0.05, 0) is 32.0 Å². The van der Waals surface area contributed by atoms with Crippen molar-refractivity contribution in [2.75, 3.05) is 20.1 Å². The van der Waals surface area contributed by atoms with E-state index in [0.29, 0.717) is 11.6 Å². The molecule has 4 nitrogen and oxygen atoms in total. The number of likely N-dealkylation sites (N-methyl/N-ethyl adjacent to an activating group) is 1. The van der Waals surface area contributed by atoms with E-state index in [-0.39, 0.29) is 24.8 Å². The van der Waals surface area contributed by atoms with E-state index < -0.39 is 0 Å². The molecule has 0 heterocycles. The molecule has 1 aromatic rings. The predicted octanol–water partition coefficient (Wildman–Crippen LogP) is 1.84. The number of amides is 1. The maximum Gasteiger partial charge on any atom is 0.234 e. The fourth-order valence-corrected chi connectivity index (χ4v) is 2.04. The summed E-state index contributed by atoms with van der Waals surface area (Å²) in [5, 5.41) is 2.91. The molecule has 0 unspecified atom stereocenters. The van der Waals surface area contributed by atoms with E-state index >= 15 is 0 Å². The Morgan fingerprint density at radius 1 is 1.26 bits per heavy atom. The van der Waals surface area contributed by atoms with E-state index in [9.17, 15) is 9.59 Å². The van der Waals surface area contributed by atoms with E-state index in [4.69, 9.17) is 0 Å². The first-order valence-corrected chi connectivity index (χ1v) is 7.10. The zero-order chi connectivity index (χ0) is 13.8. The van der Waals surface area contributed by atoms with Crippen molar-refractivity contribution in [1.82, 2.24) is 10.2 Å². The first kappa shape index (κ1) is 14.2. The number of ketones is 1. The number of nitrogens with one attached hydrogen (secondary N) is 1. The summed E-state index contributed by atoms with van der Waals surface area (Å²) in [6.45, 7) is 0.512. The van der Waals surface area contributed by atoms with Crippen LogP contribution in [0.5, 0.6) is 0 Å². The van der Waals surface area contributed by atoms with Gasteiger partial charge in [-0.2, -0.15) is 0 Å². The van der Waals surface area contributed by atoms with Gasteiger partial charge >= 0.3 is 0 Å². The molecule has 1 N–H and O–H groups in total. The van der Waals surface area contributed by atoms with Crippen LogP contribution < -0.4 is 5.32 Å². The Hall–Kier alpha value is -1.20. The third kappa shape index (κ3) is 4.76. The van der Waals surface area contributed by atoms with Crippen LogP contribution in [-0.2, 0) is 4.79 Å². The van der Waals surface area contributed by atoms with Gasteiger partial charge in [-0.3, -0.25) is 14.5 Å². The number of Topliss-reactive ketones (excluding diaryl/α,β-unsaturated/α-hetero) is 1. The lowest BCUT2D eigenvalue weighted by molar-refractivity contribution is -0.121. The quantitative estimate of drug-likeness (QED) is 0.812. The van der Waals surface area contributed by atoms with Crippen LogP contribution in [0.1, 0.15) is 23.2 Å². The van der Waals surface area contributed by atoms with Crippen LogP contribution >= 0.6 is 15.9 Å². The minimum atomic E-state index is -0.00592. The van der Waals surface area contributed by atoms with Gasteiger partial charge in [0.05, 0.1) is 13.1 Å². The summed E-state index contributed by atoms with van der Waals surface area (Å²) in [6.07, 6.45) is 2.15. The molecule has 0 aliphatic heterocycles. The van der Waals surface area contributed by atoms with Gasteiger partial charge in [0, 0.05) is 16.1 Å². The highest BCUT2D eigenvalue weighted by Gasteiger charge is 2.23. The fraction of sp³-hybridized carbons (Fsp3) is 0.429. The molecule has 102 valence electrons. The number of carbonyl (C=O) groups is 2. The van der Waals surface area contributed by atoms with Crippen molar-refractivity contribution in [3.63, 3.8) is 0 Å². The average Bonchev–Trinajstić information content (AvgIpc) is 3.13. The predicted molar refractivity (Wildman–Crippen MR) is 77.1 cm³/mol. The number of benzene rings is 1. The van der Waals surface area contributed by atoms with Crippen LogP contribution in [0.25, 0.3) is 0 Å². The first-order chi connectivity index (χ1) is 9.04. The number of hydrogen-bond donors (Lipinski definition) is 1. The molecule has 1 saturated carbocycles. The van der Waals surface area contributed by atoms with Gasteiger partial charge < -0.3 is 5.32 Å². The first-order valence-electron chi connectivity index (χ1n) is 6.31. The van der Waals surface area contributed by atoms with Gasteiger partial charge in [0.1, 0.15) is 0 Å². The van der Waals surface area contributed by atoms with Crippen LogP contribution in [-0.4, -0.2) is 42.8 Å². The molecule has 1 fully saturated rings. The number of hydrogen-bond acceptors (Lipinski definition) is 3. The Bertz CT molecular complexity index is 469. The molecular weight excluding hydrogens is 308 g/mol. The molecule has 0 radical (unpaired) electrons. The molecule has 1 aromatic carbocycles. The van der Waals surface area contributed by atoms with Crippen LogP contribution in [0, 0.1) is 0 Å². The van der Waals surface area contributed by atoms with Gasteiger partial charge in [0.25, 0.3) is 0 Å². The van der Waals surface area contributed by atoms with Crippen LogP contribution in [0.2, 0.25) is 0 Å². The Morgan fingerprint density at radius 2 is 1.89 bits per heavy atom. The van der Waals surface area contributed by atoms with Crippen molar-refractivity contribution in [2.45, 2.75) is 18.9 Å². The fourth-order valence-electron chi connectivity index (χ4n) is 1.77. The molecule has 19 heavy (non-hydrogen) atoms. The number of halogens is 1. The Balaban J connectivity index is 1.80. The molecule has 2 rings (SSSR count). The van der Waals surface area contributed by atoms with E-state index in [1.165, 1.54) is 0 Å². The zero-order valence-corrected chi connectivity index (χ0v) is 12.4. The second-order valence-corrected chi connectivity index (χ2v) is 5.86. The van der Waals surface area contributed by atoms with Crippen LogP contribution in [0.3, 0.4) is 0 Å². The van der Waals surface area contributed by atoms with E-state index in [1.54, 1.807) is 24.1 Å². The second kappa shape index (κ2) is 6.30. The smallest absolute Gasteiger partial charge is 0.234 e. The third-order valence-electron chi connectivity index (χ3n) is 2.94. The monoisotopic (exact) mass is 324 g/mol. The van der Waals surface area contributed by atoms with E-state index in [2.05, 4.69) is 21.2 Å². The van der Waals surface area contributed by atoms with Gasteiger partial charge in [-0.15, -0.1) is 0 Å². The van der Waals surface area contributed by atoms with Gasteiger partial charge in [0.15, 0.2) is 5.78 Å². The minimum absolute atomic E-state index is 0.00592. The Morgan fingerprint density at radius 3 is 2.47 bits per heavy atom. The third-order valence-corrected chi connectivity index (χ3v) is 3.46. The van der Waals surface area contributed by atoms with Crippen LogP contribution in [0.15, 0.2) is 28.7 Å². The molecule has 0 saturated heterocycles. The zero-order valence-electron chi connectivity index (χ0n) is 10.9. The molecule has 1 aliphatic rings. The summed E-state index contributed by atoms with van der Waals surface area (Å²) < 4.78 is 0.946. The van der Waals surface area contributed by atoms with E-state index in [1.807, 2.05) is 12.1 Å². The minimum Gasteiger partial charge on any atom is -0.352 e. The molecule has 0 bridgehead atoms. The molecule has 1 amide bonds. The Labute approximate surface area is 121 Å². The van der Waals surface area contributed by atoms with Crippen molar-refractivity contribution >= 4 is 27.6 Å². The summed E-state index contributed by atoms with van der Waals surface area (Å²) in [7, 11) is 1.78. The highest BCUT2D eigenvalue weighted by Crippen LogP contribution is 2.18. The normalized spacial score (nSPS) is 14.5. The number of carbonyl (C=O) groups excluding carboxylic acids is 2. The molecule has 0 spiro atoms. The molecule has 5 heteroatoms. The van der Waals surface area contributed by atoms with Gasteiger partial charge in [0.2, 0.25) is 5.91 Å². The lowest BCUT2D eigenvalue weighted by atomic mass is 10.1. The van der Waals surface area contributed by atoms with Crippen molar-refractivity contribution in [2.24, 2.45) is 0 Å². The molecule has 1 aliphatic carbocycles. The summed E-state index contributed by atoms with van der Waals surface area (Å²) in [5.74, 6) is 0.0165. The van der Waals surface area contributed by atoms with Crippen molar-refractivity contribution in [3.05, 3.63) is 34.3 Å². The molecular formula is C14H17BrN2O2. The van der Waals surface area contributed by atoms with E-state index in [0.717, 1.165) is 17.3 Å². The maximum absolute atomic E-state index is 12.0. The van der Waals surface area contributed by atoms with Crippen LogP contribution in [0.4, 0.5) is 0 Å². The maximum atomic E-state index is 12.0. The topological polar surface area (TPSA) is 49.4 Å².